The fraction of sp³-hybridized carbons (Fsp3) is 0.684. The third-order valence-corrected chi connectivity index (χ3v) is 4.98. The summed E-state index contributed by atoms with van der Waals surface area (Å²) in [6, 6.07) is 8.00. The molecule has 0 saturated carbocycles. The minimum atomic E-state index is -4.11. The molecule has 0 unspecified atom stereocenters. The van der Waals surface area contributed by atoms with Crippen molar-refractivity contribution in [3.63, 3.8) is 0 Å². The van der Waals surface area contributed by atoms with Crippen LogP contribution in [0.15, 0.2) is 24.3 Å². The van der Waals surface area contributed by atoms with Crippen molar-refractivity contribution >= 4 is 0 Å². The Morgan fingerprint density at radius 3 is 2.11 bits per heavy atom. The summed E-state index contributed by atoms with van der Waals surface area (Å²) in [6.07, 6.45) is -4.11. The van der Waals surface area contributed by atoms with Crippen LogP contribution in [0.2, 0.25) is 0 Å². The number of morpholine rings is 1. The van der Waals surface area contributed by atoms with Gasteiger partial charge in [0.25, 0.3) is 0 Å². The number of alkyl halides is 3. The topological polar surface area (TPSA) is 28.2 Å². The second-order valence-corrected chi connectivity index (χ2v) is 7.11. The summed E-state index contributed by atoms with van der Waals surface area (Å²) in [5.41, 5.74) is 1.15. The number of halogens is 3. The molecule has 27 heavy (non-hydrogen) atoms. The molecule has 8 heteroatoms. The second-order valence-electron chi connectivity index (χ2n) is 7.11. The van der Waals surface area contributed by atoms with E-state index in [1.54, 1.807) is 0 Å². The van der Waals surface area contributed by atoms with E-state index in [-0.39, 0.29) is 0 Å². The number of nitrogens with zero attached hydrogens (tertiary/aromatic N) is 3. The van der Waals surface area contributed by atoms with Gasteiger partial charge in [-0.25, -0.2) is 0 Å². The van der Waals surface area contributed by atoms with Crippen molar-refractivity contribution in [2.24, 2.45) is 0 Å². The van der Waals surface area contributed by atoms with Crippen molar-refractivity contribution in [3.8, 4) is 5.75 Å². The van der Waals surface area contributed by atoms with Gasteiger partial charge in [-0.1, -0.05) is 12.1 Å². The van der Waals surface area contributed by atoms with E-state index in [0.29, 0.717) is 32.8 Å². The quantitative estimate of drug-likeness (QED) is 0.714. The van der Waals surface area contributed by atoms with Gasteiger partial charge in [-0.15, -0.1) is 0 Å². The van der Waals surface area contributed by atoms with Gasteiger partial charge < -0.3 is 9.47 Å². The standard InChI is InChI=1S/C19H28F3N3O2/c20-19(21,22)16-25-7-5-24(6-8-25)15-17-1-3-18(4-2-17)27-14-11-23-9-12-26-13-10-23/h1-4H,5-16H2. The smallest absolute Gasteiger partial charge is 0.401 e. The maximum absolute atomic E-state index is 12.4. The molecule has 0 atom stereocenters. The van der Waals surface area contributed by atoms with Crippen LogP contribution < -0.4 is 4.74 Å². The molecule has 2 aliphatic heterocycles. The van der Waals surface area contributed by atoms with Crippen LogP contribution in [0.1, 0.15) is 5.56 Å². The normalized spacial score (nSPS) is 20.7. The lowest BCUT2D eigenvalue weighted by molar-refractivity contribution is -0.149. The highest BCUT2D eigenvalue weighted by Gasteiger charge is 2.32. The summed E-state index contributed by atoms with van der Waals surface area (Å²) in [5.74, 6) is 0.849. The zero-order valence-corrected chi connectivity index (χ0v) is 15.6. The van der Waals surface area contributed by atoms with Crippen LogP contribution in [0.3, 0.4) is 0 Å². The molecule has 2 heterocycles. The van der Waals surface area contributed by atoms with E-state index < -0.39 is 12.7 Å². The Hall–Kier alpha value is -1.35. The van der Waals surface area contributed by atoms with Crippen LogP contribution >= 0.6 is 0 Å². The van der Waals surface area contributed by atoms with E-state index in [0.717, 1.165) is 50.7 Å². The van der Waals surface area contributed by atoms with Gasteiger partial charge >= 0.3 is 6.18 Å². The van der Waals surface area contributed by atoms with E-state index in [1.165, 1.54) is 4.90 Å². The fourth-order valence-electron chi connectivity index (χ4n) is 3.43. The monoisotopic (exact) mass is 387 g/mol. The van der Waals surface area contributed by atoms with E-state index >= 15 is 0 Å². The zero-order valence-electron chi connectivity index (χ0n) is 15.6. The number of rotatable bonds is 7. The number of piperazine rings is 1. The molecule has 5 nitrogen and oxygen atoms in total. The van der Waals surface area contributed by atoms with Crippen molar-refractivity contribution in [2.45, 2.75) is 12.7 Å². The van der Waals surface area contributed by atoms with Crippen molar-refractivity contribution in [2.75, 3.05) is 72.2 Å². The summed E-state index contributed by atoms with van der Waals surface area (Å²) in [7, 11) is 0. The molecule has 152 valence electrons. The first-order valence-corrected chi connectivity index (χ1v) is 9.51. The molecule has 2 fully saturated rings. The predicted octanol–water partition coefficient (Wildman–Crippen LogP) is 2.08. The Labute approximate surface area is 158 Å². The molecule has 3 rings (SSSR count). The van der Waals surface area contributed by atoms with Gasteiger partial charge in [-0.3, -0.25) is 14.7 Å². The first-order valence-electron chi connectivity index (χ1n) is 9.51. The number of ether oxygens (including phenoxy) is 2. The first kappa shape index (κ1) is 20.4. The molecule has 0 aliphatic carbocycles. The lowest BCUT2D eigenvalue weighted by atomic mass is 10.2. The first-order chi connectivity index (χ1) is 13.0. The van der Waals surface area contributed by atoms with Crippen LogP contribution in [0.4, 0.5) is 13.2 Å². The lowest BCUT2D eigenvalue weighted by Crippen LogP contribution is -2.48. The minimum absolute atomic E-state index is 0.461. The van der Waals surface area contributed by atoms with Crippen LogP contribution in [0.5, 0.6) is 5.75 Å². The van der Waals surface area contributed by atoms with Crippen LogP contribution in [-0.4, -0.2) is 93.1 Å². The predicted molar refractivity (Wildman–Crippen MR) is 97.0 cm³/mol. The highest BCUT2D eigenvalue weighted by molar-refractivity contribution is 5.27. The van der Waals surface area contributed by atoms with Crippen LogP contribution in [0, 0.1) is 0 Å². The minimum Gasteiger partial charge on any atom is -0.492 e. The van der Waals surface area contributed by atoms with E-state index in [2.05, 4.69) is 9.80 Å². The average Bonchev–Trinajstić information content (AvgIpc) is 2.64. The van der Waals surface area contributed by atoms with E-state index in [9.17, 15) is 13.2 Å². The number of benzene rings is 1. The average molecular weight is 387 g/mol. The molecule has 0 amide bonds. The lowest BCUT2D eigenvalue weighted by Gasteiger charge is -2.35. The van der Waals surface area contributed by atoms with Crippen LogP contribution in [-0.2, 0) is 11.3 Å². The molecule has 0 spiro atoms. The zero-order chi connectivity index (χ0) is 19.1. The molecular weight excluding hydrogens is 359 g/mol. The van der Waals surface area contributed by atoms with Gasteiger partial charge in [-0.05, 0) is 17.7 Å². The fourth-order valence-corrected chi connectivity index (χ4v) is 3.43. The third kappa shape index (κ3) is 7.29. The molecule has 1 aromatic carbocycles. The molecule has 0 bridgehead atoms. The van der Waals surface area contributed by atoms with Gasteiger partial charge in [0.05, 0.1) is 19.8 Å². The number of hydrogen-bond donors (Lipinski definition) is 0. The van der Waals surface area contributed by atoms with Crippen molar-refractivity contribution in [1.29, 1.82) is 0 Å². The summed E-state index contributed by atoms with van der Waals surface area (Å²) in [5, 5.41) is 0. The van der Waals surface area contributed by atoms with Crippen molar-refractivity contribution in [3.05, 3.63) is 29.8 Å². The summed E-state index contributed by atoms with van der Waals surface area (Å²) in [4.78, 5) is 6.00. The Bertz CT molecular complexity index is 554. The molecule has 0 aromatic heterocycles. The molecule has 0 N–H and O–H groups in total. The molecule has 0 radical (unpaired) electrons. The summed E-state index contributed by atoms with van der Waals surface area (Å²) >= 11 is 0. The van der Waals surface area contributed by atoms with Crippen molar-refractivity contribution < 1.29 is 22.6 Å². The van der Waals surface area contributed by atoms with Gasteiger partial charge in [0.2, 0.25) is 0 Å². The summed E-state index contributed by atoms with van der Waals surface area (Å²) in [6.45, 7) is 7.24. The van der Waals surface area contributed by atoms with Gasteiger partial charge in [0.1, 0.15) is 12.4 Å². The third-order valence-electron chi connectivity index (χ3n) is 4.98. The highest BCUT2D eigenvalue weighted by atomic mass is 19.4. The Balaban J connectivity index is 1.35. The molecule has 2 aliphatic rings. The molecular formula is C19H28F3N3O2. The number of hydrogen-bond acceptors (Lipinski definition) is 5. The van der Waals surface area contributed by atoms with E-state index in [1.807, 2.05) is 24.3 Å². The molecule has 1 aromatic rings. The van der Waals surface area contributed by atoms with Gasteiger partial charge in [-0.2, -0.15) is 13.2 Å². The van der Waals surface area contributed by atoms with Gasteiger partial charge in [0, 0.05) is 52.4 Å². The van der Waals surface area contributed by atoms with Crippen LogP contribution in [0.25, 0.3) is 0 Å². The second kappa shape index (κ2) is 9.73. The van der Waals surface area contributed by atoms with Gasteiger partial charge in [0.15, 0.2) is 0 Å². The SMILES string of the molecule is FC(F)(F)CN1CCN(Cc2ccc(OCCN3CCOCC3)cc2)CC1. The highest BCUT2D eigenvalue weighted by Crippen LogP contribution is 2.19. The summed E-state index contributed by atoms with van der Waals surface area (Å²) < 4.78 is 48.5. The Kier molecular flexibility index (Phi) is 7.34. The van der Waals surface area contributed by atoms with Crippen molar-refractivity contribution in [1.82, 2.24) is 14.7 Å². The Morgan fingerprint density at radius 2 is 1.48 bits per heavy atom. The van der Waals surface area contributed by atoms with E-state index in [4.69, 9.17) is 9.47 Å². The Morgan fingerprint density at radius 1 is 0.852 bits per heavy atom. The molecule has 2 saturated heterocycles. The largest absolute Gasteiger partial charge is 0.492 e. The maximum atomic E-state index is 12.4. The maximum Gasteiger partial charge on any atom is 0.401 e.